The van der Waals surface area contributed by atoms with Gasteiger partial charge in [0.25, 0.3) is 5.91 Å². The molecule has 162 valence electrons. The van der Waals surface area contributed by atoms with E-state index in [0.29, 0.717) is 17.2 Å². The van der Waals surface area contributed by atoms with Crippen LogP contribution in [0.15, 0.2) is 48.9 Å². The van der Waals surface area contributed by atoms with E-state index >= 15 is 0 Å². The minimum absolute atomic E-state index is 0.0104. The average molecular weight is 430 g/mol. The van der Waals surface area contributed by atoms with Crippen LogP contribution >= 0.6 is 0 Å². The molecule has 1 N–H and O–H groups in total. The molecular formula is C21H21F3N6O. The van der Waals surface area contributed by atoms with E-state index in [1.165, 1.54) is 23.0 Å². The van der Waals surface area contributed by atoms with Gasteiger partial charge in [-0.05, 0) is 44.0 Å². The molecule has 0 radical (unpaired) electrons. The molecule has 0 saturated carbocycles. The van der Waals surface area contributed by atoms with Gasteiger partial charge >= 0.3 is 6.18 Å². The molecule has 0 spiro atoms. The molecular weight excluding hydrogens is 409 g/mol. The van der Waals surface area contributed by atoms with E-state index in [9.17, 15) is 18.0 Å². The van der Waals surface area contributed by atoms with Crippen LogP contribution in [0, 0.1) is 6.92 Å². The Hall–Kier alpha value is -3.43. The zero-order chi connectivity index (χ0) is 22.0. The quantitative estimate of drug-likeness (QED) is 0.687. The standard InChI is InChI=1S/C21H21F3N6O/c1-14-18(13-27-30(14)17-5-2-4-15(12-17)21(22,23)24)19(31)28-16-6-10-29(11-7-16)20-25-8-3-9-26-20/h2-5,8-9,12-13,16H,6-7,10-11H2,1H3,(H,28,31). The number of aromatic nitrogens is 4. The second-order valence-corrected chi connectivity index (χ2v) is 7.39. The van der Waals surface area contributed by atoms with Crippen LogP contribution < -0.4 is 10.2 Å². The van der Waals surface area contributed by atoms with E-state index in [4.69, 9.17) is 0 Å². The number of rotatable bonds is 4. The van der Waals surface area contributed by atoms with Gasteiger partial charge in [0, 0.05) is 31.5 Å². The Kier molecular flexibility index (Phi) is 5.62. The van der Waals surface area contributed by atoms with E-state index in [2.05, 4.69) is 25.3 Å². The lowest BCUT2D eigenvalue weighted by molar-refractivity contribution is -0.137. The third-order valence-corrected chi connectivity index (χ3v) is 5.34. The van der Waals surface area contributed by atoms with Gasteiger partial charge in [0.05, 0.1) is 28.7 Å². The number of hydrogen-bond acceptors (Lipinski definition) is 5. The molecule has 0 atom stereocenters. The number of amides is 1. The van der Waals surface area contributed by atoms with Gasteiger partial charge in [0.1, 0.15) is 0 Å². The van der Waals surface area contributed by atoms with E-state index in [0.717, 1.165) is 38.1 Å². The zero-order valence-electron chi connectivity index (χ0n) is 16.8. The first-order valence-electron chi connectivity index (χ1n) is 9.88. The smallest absolute Gasteiger partial charge is 0.349 e. The number of halogens is 3. The lowest BCUT2D eigenvalue weighted by Crippen LogP contribution is -2.45. The molecule has 10 heteroatoms. The van der Waals surface area contributed by atoms with Gasteiger partial charge < -0.3 is 10.2 Å². The number of carbonyl (C=O) groups excluding carboxylic acids is 1. The molecule has 4 rings (SSSR count). The van der Waals surface area contributed by atoms with Crippen LogP contribution in [0.2, 0.25) is 0 Å². The van der Waals surface area contributed by atoms with Crippen LogP contribution in [0.5, 0.6) is 0 Å². The Bertz CT molecular complexity index is 1060. The second kappa shape index (κ2) is 8.37. The van der Waals surface area contributed by atoms with Crippen molar-refractivity contribution in [1.82, 2.24) is 25.1 Å². The lowest BCUT2D eigenvalue weighted by Gasteiger charge is -2.32. The molecule has 1 aliphatic heterocycles. The largest absolute Gasteiger partial charge is 0.416 e. The summed E-state index contributed by atoms with van der Waals surface area (Å²) in [7, 11) is 0. The van der Waals surface area contributed by atoms with Gasteiger partial charge in [-0.2, -0.15) is 18.3 Å². The Balaban J connectivity index is 1.42. The topological polar surface area (TPSA) is 75.9 Å². The monoisotopic (exact) mass is 430 g/mol. The van der Waals surface area contributed by atoms with Crippen molar-refractivity contribution in [3.05, 3.63) is 65.7 Å². The summed E-state index contributed by atoms with van der Waals surface area (Å²) < 4.78 is 40.4. The van der Waals surface area contributed by atoms with Crippen LogP contribution in [-0.4, -0.2) is 44.8 Å². The SMILES string of the molecule is Cc1c(C(=O)NC2CCN(c3ncccn3)CC2)cnn1-c1cccc(C(F)(F)F)c1. The van der Waals surface area contributed by atoms with Crippen molar-refractivity contribution in [3.63, 3.8) is 0 Å². The van der Waals surface area contributed by atoms with Crippen LogP contribution in [0.25, 0.3) is 5.69 Å². The summed E-state index contributed by atoms with van der Waals surface area (Å²) in [4.78, 5) is 23.3. The maximum atomic E-state index is 13.0. The van der Waals surface area contributed by atoms with Crippen molar-refractivity contribution in [2.24, 2.45) is 0 Å². The molecule has 1 saturated heterocycles. The molecule has 1 aromatic carbocycles. The molecule has 3 heterocycles. The van der Waals surface area contributed by atoms with Crippen LogP contribution in [0.3, 0.4) is 0 Å². The van der Waals surface area contributed by atoms with Crippen molar-refractivity contribution < 1.29 is 18.0 Å². The Labute approximate surface area is 176 Å². The molecule has 2 aromatic heterocycles. The normalized spacial score (nSPS) is 15.2. The van der Waals surface area contributed by atoms with Crippen molar-refractivity contribution >= 4 is 11.9 Å². The summed E-state index contributed by atoms with van der Waals surface area (Å²) in [6.45, 7) is 3.10. The number of piperidine rings is 1. The van der Waals surface area contributed by atoms with E-state index in [1.54, 1.807) is 25.4 Å². The second-order valence-electron chi connectivity index (χ2n) is 7.39. The fraction of sp³-hybridized carbons (Fsp3) is 0.333. The van der Waals surface area contributed by atoms with Gasteiger partial charge in [-0.3, -0.25) is 4.79 Å². The summed E-state index contributed by atoms with van der Waals surface area (Å²) in [6.07, 6.45) is 1.81. The molecule has 0 aliphatic carbocycles. The predicted octanol–water partition coefficient (Wildman–Crippen LogP) is 3.39. The highest BCUT2D eigenvalue weighted by atomic mass is 19.4. The molecule has 3 aromatic rings. The molecule has 0 bridgehead atoms. The number of carbonyl (C=O) groups is 1. The summed E-state index contributed by atoms with van der Waals surface area (Å²) in [5, 5.41) is 7.15. The van der Waals surface area contributed by atoms with E-state index < -0.39 is 11.7 Å². The fourth-order valence-corrected chi connectivity index (χ4v) is 3.65. The number of alkyl halides is 3. The average Bonchev–Trinajstić information content (AvgIpc) is 3.16. The van der Waals surface area contributed by atoms with Gasteiger partial charge in [0.2, 0.25) is 5.95 Å². The first-order chi connectivity index (χ1) is 14.8. The van der Waals surface area contributed by atoms with Crippen LogP contribution in [0.4, 0.5) is 19.1 Å². The molecule has 1 amide bonds. The molecule has 1 fully saturated rings. The van der Waals surface area contributed by atoms with Crippen LogP contribution in [-0.2, 0) is 6.18 Å². The maximum absolute atomic E-state index is 13.0. The first-order valence-corrected chi connectivity index (χ1v) is 9.88. The summed E-state index contributed by atoms with van der Waals surface area (Å²) in [5.74, 6) is 0.385. The number of nitrogens with zero attached hydrogens (tertiary/aromatic N) is 5. The Morgan fingerprint density at radius 3 is 2.52 bits per heavy atom. The van der Waals surface area contributed by atoms with Gasteiger partial charge in [0.15, 0.2) is 0 Å². The molecule has 31 heavy (non-hydrogen) atoms. The zero-order valence-corrected chi connectivity index (χ0v) is 16.8. The number of hydrogen-bond donors (Lipinski definition) is 1. The van der Waals surface area contributed by atoms with Crippen LogP contribution in [0.1, 0.15) is 34.5 Å². The maximum Gasteiger partial charge on any atom is 0.416 e. The summed E-state index contributed by atoms with van der Waals surface area (Å²) >= 11 is 0. The highest BCUT2D eigenvalue weighted by Crippen LogP contribution is 2.30. The minimum Gasteiger partial charge on any atom is -0.349 e. The number of benzene rings is 1. The van der Waals surface area contributed by atoms with Gasteiger partial charge in [-0.15, -0.1) is 0 Å². The van der Waals surface area contributed by atoms with Gasteiger partial charge in [-0.1, -0.05) is 6.07 Å². The third-order valence-electron chi connectivity index (χ3n) is 5.34. The van der Waals surface area contributed by atoms with Crippen molar-refractivity contribution in [2.75, 3.05) is 18.0 Å². The van der Waals surface area contributed by atoms with Crippen molar-refractivity contribution in [3.8, 4) is 5.69 Å². The van der Waals surface area contributed by atoms with E-state index in [-0.39, 0.29) is 17.6 Å². The number of nitrogens with one attached hydrogen (secondary N) is 1. The van der Waals surface area contributed by atoms with Crippen molar-refractivity contribution in [1.29, 1.82) is 0 Å². The third kappa shape index (κ3) is 4.52. The first kappa shape index (κ1) is 20.8. The Morgan fingerprint density at radius 1 is 1.13 bits per heavy atom. The lowest BCUT2D eigenvalue weighted by atomic mass is 10.0. The van der Waals surface area contributed by atoms with Crippen molar-refractivity contribution in [2.45, 2.75) is 32.0 Å². The Morgan fingerprint density at radius 2 is 1.84 bits per heavy atom. The van der Waals surface area contributed by atoms with E-state index in [1.807, 2.05) is 0 Å². The highest BCUT2D eigenvalue weighted by Gasteiger charge is 2.31. The molecule has 1 aliphatic rings. The fourth-order valence-electron chi connectivity index (χ4n) is 3.65. The summed E-state index contributed by atoms with van der Waals surface area (Å²) in [5.41, 5.74) is 0.306. The van der Waals surface area contributed by atoms with Gasteiger partial charge in [-0.25, -0.2) is 14.6 Å². The molecule has 7 nitrogen and oxygen atoms in total. The predicted molar refractivity (Wildman–Crippen MR) is 108 cm³/mol. The highest BCUT2D eigenvalue weighted by molar-refractivity contribution is 5.95. The number of anilines is 1. The minimum atomic E-state index is -4.45. The summed E-state index contributed by atoms with van der Waals surface area (Å²) in [6, 6.07) is 6.62. The molecule has 0 unspecified atom stereocenters.